The van der Waals surface area contributed by atoms with E-state index in [0.29, 0.717) is 0 Å². The fraction of sp³-hybridized carbons (Fsp3) is 0.533. The van der Waals surface area contributed by atoms with Gasteiger partial charge in [-0.3, -0.25) is 4.79 Å². The maximum atomic E-state index is 10.4. The molecule has 0 fully saturated rings. The molecular formula is C15H22O2. The number of hydrogen-bond donors (Lipinski definition) is 1. The van der Waals surface area contributed by atoms with Gasteiger partial charge in [-0.25, -0.2) is 0 Å². The van der Waals surface area contributed by atoms with Crippen molar-refractivity contribution in [1.82, 2.24) is 0 Å². The van der Waals surface area contributed by atoms with Crippen molar-refractivity contribution < 1.29 is 9.90 Å². The lowest BCUT2D eigenvalue weighted by Crippen LogP contribution is -1.98. The van der Waals surface area contributed by atoms with Crippen LogP contribution in [0.1, 0.15) is 44.2 Å². The lowest BCUT2D eigenvalue weighted by atomic mass is 9.97. The van der Waals surface area contributed by atoms with Crippen LogP contribution in [0.15, 0.2) is 24.3 Å². The average molecular weight is 234 g/mol. The molecule has 1 atom stereocenters. The van der Waals surface area contributed by atoms with E-state index in [4.69, 9.17) is 5.11 Å². The second-order valence-corrected chi connectivity index (χ2v) is 4.78. The van der Waals surface area contributed by atoms with Crippen molar-refractivity contribution in [3.63, 3.8) is 0 Å². The average Bonchev–Trinajstić information content (AvgIpc) is 2.31. The Kier molecular flexibility index (Phi) is 5.75. The zero-order valence-corrected chi connectivity index (χ0v) is 10.8. The largest absolute Gasteiger partial charge is 0.481 e. The van der Waals surface area contributed by atoms with Crippen LogP contribution in [0.2, 0.25) is 0 Å². The highest BCUT2D eigenvalue weighted by molar-refractivity contribution is 5.66. The summed E-state index contributed by atoms with van der Waals surface area (Å²) in [7, 11) is 0. The molecule has 0 saturated carbocycles. The van der Waals surface area contributed by atoms with Gasteiger partial charge in [0.2, 0.25) is 0 Å². The Morgan fingerprint density at radius 2 is 1.82 bits per heavy atom. The van der Waals surface area contributed by atoms with E-state index in [1.807, 2.05) is 0 Å². The van der Waals surface area contributed by atoms with Crippen LogP contribution in [0.4, 0.5) is 0 Å². The molecule has 0 saturated heterocycles. The minimum absolute atomic E-state index is 0.259. The minimum Gasteiger partial charge on any atom is -0.481 e. The van der Waals surface area contributed by atoms with Gasteiger partial charge in [-0.2, -0.15) is 0 Å². The lowest BCUT2D eigenvalue weighted by Gasteiger charge is -2.08. The summed E-state index contributed by atoms with van der Waals surface area (Å²) in [6.07, 6.45) is 4.18. The normalized spacial score (nSPS) is 12.4. The van der Waals surface area contributed by atoms with E-state index in [2.05, 4.69) is 38.1 Å². The highest BCUT2D eigenvalue weighted by Crippen LogP contribution is 2.13. The SMILES string of the molecule is CCC(C)Cc1ccc(CCCC(=O)O)cc1. The standard InChI is InChI=1S/C15H22O2/c1-3-12(2)11-14-9-7-13(8-10-14)5-4-6-15(16)17/h7-10,12H,3-6,11H2,1-2H3,(H,16,17). The Hall–Kier alpha value is -1.31. The van der Waals surface area contributed by atoms with Gasteiger partial charge in [-0.15, -0.1) is 0 Å². The summed E-state index contributed by atoms with van der Waals surface area (Å²) in [4.78, 5) is 10.4. The van der Waals surface area contributed by atoms with Gasteiger partial charge in [0.1, 0.15) is 0 Å². The zero-order valence-electron chi connectivity index (χ0n) is 10.8. The lowest BCUT2D eigenvalue weighted by molar-refractivity contribution is -0.137. The highest BCUT2D eigenvalue weighted by Gasteiger charge is 2.02. The molecule has 1 unspecified atom stereocenters. The smallest absolute Gasteiger partial charge is 0.303 e. The van der Waals surface area contributed by atoms with Crippen molar-refractivity contribution in [3.8, 4) is 0 Å². The number of aliphatic carboxylic acids is 1. The summed E-state index contributed by atoms with van der Waals surface area (Å²) >= 11 is 0. The maximum Gasteiger partial charge on any atom is 0.303 e. The third kappa shape index (κ3) is 5.53. The van der Waals surface area contributed by atoms with E-state index in [-0.39, 0.29) is 6.42 Å². The number of carboxylic acids is 1. The molecule has 1 aromatic rings. The molecule has 1 N–H and O–H groups in total. The van der Waals surface area contributed by atoms with Gasteiger partial charge in [-0.1, -0.05) is 44.5 Å². The second-order valence-electron chi connectivity index (χ2n) is 4.78. The van der Waals surface area contributed by atoms with E-state index in [1.54, 1.807) is 0 Å². The maximum absolute atomic E-state index is 10.4. The Morgan fingerprint density at radius 1 is 1.24 bits per heavy atom. The van der Waals surface area contributed by atoms with Crippen molar-refractivity contribution in [3.05, 3.63) is 35.4 Å². The van der Waals surface area contributed by atoms with Crippen LogP contribution >= 0.6 is 0 Å². The molecule has 0 amide bonds. The van der Waals surface area contributed by atoms with Gasteiger partial charge in [0, 0.05) is 6.42 Å². The zero-order chi connectivity index (χ0) is 12.7. The Bertz CT molecular complexity index is 340. The molecule has 0 spiro atoms. The predicted octanol–water partition coefficient (Wildman–Crippen LogP) is 3.68. The van der Waals surface area contributed by atoms with Gasteiger partial charge in [0.25, 0.3) is 0 Å². The number of benzene rings is 1. The molecule has 94 valence electrons. The van der Waals surface area contributed by atoms with Crippen molar-refractivity contribution in [2.24, 2.45) is 5.92 Å². The molecule has 1 aromatic carbocycles. The summed E-state index contributed by atoms with van der Waals surface area (Å²) in [6.45, 7) is 4.48. The van der Waals surface area contributed by atoms with E-state index in [0.717, 1.165) is 25.2 Å². The molecule has 0 bridgehead atoms. The van der Waals surface area contributed by atoms with E-state index < -0.39 is 5.97 Å². The highest BCUT2D eigenvalue weighted by atomic mass is 16.4. The summed E-state index contributed by atoms with van der Waals surface area (Å²) in [5.74, 6) is 0.0197. The first kappa shape index (κ1) is 13.8. The van der Waals surface area contributed by atoms with Crippen LogP contribution in [-0.4, -0.2) is 11.1 Å². The molecule has 1 rings (SSSR count). The molecule has 17 heavy (non-hydrogen) atoms. The molecule has 0 heterocycles. The summed E-state index contributed by atoms with van der Waals surface area (Å²) < 4.78 is 0. The summed E-state index contributed by atoms with van der Waals surface area (Å²) in [5.41, 5.74) is 2.61. The Balaban J connectivity index is 2.42. The molecule has 0 aromatic heterocycles. The second kappa shape index (κ2) is 7.10. The Morgan fingerprint density at radius 3 is 2.35 bits per heavy atom. The number of rotatable bonds is 7. The van der Waals surface area contributed by atoms with Gasteiger partial charge >= 0.3 is 5.97 Å². The predicted molar refractivity (Wildman–Crippen MR) is 70.2 cm³/mol. The molecule has 2 heteroatoms. The number of carboxylic acid groups (broad SMARTS) is 1. The molecular weight excluding hydrogens is 212 g/mol. The van der Waals surface area contributed by atoms with Crippen molar-refractivity contribution in [2.75, 3.05) is 0 Å². The quantitative estimate of drug-likeness (QED) is 0.781. The Labute approximate surface area is 104 Å². The first-order valence-electron chi connectivity index (χ1n) is 6.41. The first-order valence-corrected chi connectivity index (χ1v) is 6.41. The fourth-order valence-electron chi connectivity index (χ4n) is 1.83. The van der Waals surface area contributed by atoms with Gasteiger partial charge in [-0.05, 0) is 36.3 Å². The van der Waals surface area contributed by atoms with Crippen molar-refractivity contribution >= 4 is 5.97 Å². The van der Waals surface area contributed by atoms with Crippen LogP contribution in [0, 0.1) is 5.92 Å². The van der Waals surface area contributed by atoms with Gasteiger partial charge in [0.05, 0.1) is 0 Å². The molecule has 0 aliphatic rings. The van der Waals surface area contributed by atoms with Crippen LogP contribution in [0.3, 0.4) is 0 Å². The fourth-order valence-corrected chi connectivity index (χ4v) is 1.83. The van der Waals surface area contributed by atoms with Crippen LogP contribution in [0.25, 0.3) is 0 Å². The van der Waals surface area contributed by atoms with E-state index in [9.17, 15) is 4.79 Å². The van der Waals surface area contributed by atoms with Crippen molar-refractivity contribution in [2.45, 2.75) is 46.0 Å². The number of aryl methyl sites for hydroxylation is 1. The third-order valence-corrected chi connectivity index (χ3v) is 3.16. The summed E-state index contributed by atoms with van der Waals surface area (Å²) in [5, 5.41) is 8.56. The van der Waals surface area contributed by atoms with E-state index >= 15 is 0 Å². The number of hydrogen-bond acceptors (Lipinski definition) is 1. The minimum atomic E-state index is -0.710. The molecule has 0 radical (unpaired) electrons. The van der Waals surface area contributed by atoms with E-state index in [1.165, 1.54) is 17.5 Å². The van der Waals surface area contributed by atoms with Gasteiger partial charge in [0.15, 0.2) is 0 Å². The molecule has 0 aliphatic carbocycles. The monoisotopic (exact) mass is 234 g/mol. The van der Waals surface area contributed by atoms with Crippen LogP contribution in [-0.2, 0) is 17.6 Å². The van der Waals surface area contributed by atoms with Crippen molar-refractivity contribution in [1.29, 1.82) is 0 Å². The van der Waals surface area contributed by atoms with Crippen LogP contribution in [0.5, 0.6) is 0 Å². The van der Waals surface area contributed by atoms with Gasteiger partial charge < -0.3 is 5.11 Å². The molecule has 2 nitrogen and oxygen atoms in total. The van der Waals surface area contributed by atoms with Crippen LogP contribution < -0.4 is 0 Å². The molecule has 0 aliphatic heterocycles. The third-order valence-electron chi connectivity index (χ3n) is 3.16. The first-order chi connectivity index (χ1) is 8.11. The number of carbonyl (C=O) groups is 1. The topological polar surface area (TPSA) is 37.3 Å². The summed E-state index contributed by atoms with van der Waals surface area (Å²) in [6, 6.07) is 8.59.